The van der Waals surface area contributed by atoms with Crippen LogP contribution in [0.2, 0.25) is 5.28 Å². The molecule has 0 fully saturated rings. The first-order valence-electron chi connectivity index (χ1n) is 8.03. The largest absolute Gasteiger partial charge is 0.354 e. The topological polar surface area (TPSA) is 51.9 Å². The maximum absolute atomic E-state index is 12.3. The van der Waals surface area contributed by atoms with Gasteiger partial charge in [0.15, 0.2) is 0 Å². The number of carbonyl (C=O) groups is 1. The van der Waals surface area contributed by atoms with Crippen molar-refractivity contribution < 1.29 is 4.79 Å². The summed E-state index contributed by atoms with van der Waals surface area (Å²) in [5.41, 5.74) is 3.46. The van der Waals surface area contributed by atoms with Crippen LogP contribution < -0.4 is 5.32 Å². The van der Waals surface area contributed by atoms with Crippen LogP contribution in [-0.2, 0) is 13.5 Å². The van der Waals surface area contributed by atoms with E-state index in [0.717, 1.165) is 17.5 Å². The Labute approximate surface area is 146 Å². The van der Waals surface area contributed by atoms with Gasteiger partial charge in [0.1, 0.15) is 0 Å². The molecule has 1 aromatic carbocycles. The number of fused-ring (bicyclic) bond motifs is 1. The van der Waals surface area contributed by atoms with Gasteiger partial charge in [-0.25, -0.2) is 4.98 Å². The third kappa shape index (κ3) is 3.17. The zero-order chi connectivity index (χ0) is 17.3. The minimum atomic E-state index is -0.0960. The molecule has 0 atom stereocenters. The Bertz CT molecular complexity index is 878. The second kappa shape index (κ2) is 6.69. The van der Waals surface area contributed by atoms with Crippen LogP contribution in [0.15, 0.2) is 36.5 Å². The van der Waals surface area contributed by atoms with Crippen molar-refractivity contribution in [3.8, 4) is 0 Å². The molecule has 6 heteroatoms. The van der Waals surface area contributed by atoms with E-state index in [1.54, 1.807) is 6.07 Å². The zero-order valence-electron chi connectivity index (χ0n) is 14.1. The fourth-order valence-corrected chi connectivity index (χ4v) is 3.24. The molecule has 0 aliphatic rings. The average Bonchev–Trinajstić information content (AvgIpc) is 3.08. The molecule has 0 bridgehead atoms. The molecular weight excluding hydrogens is 324 g/mol. The summed E-state index contributed by atoms with van der Waals surface area (Å²) in [4.78, 5) is 16.7. The highest BCUT2D eigenvalue weighted by atomic mass is 35.5. The van der Waals surface area contributed by atoms with Crippen LogP contribution in [0, 0.1) is 0 Å². The van der Waals surface area contributed by atoms with E-state index in [1.165, 1.54) is 5.69 Å². The first-order valence-corrected chi connectivity index (χ1v) is 8.41. The summed E-state index contributed by atoms with van der Waals surface area (Å²) in [6.07, 6.45) is 2.80. The lowest BCUT2D eigenvalue weighted by molar-refractivity contribution is 0.0954. The Kier molecular flexibility index (Phi) is 4.62. The number of rotatable bonds is 5. The molecule has 2 heterocycles. The maximum atomic E-state index is 12.3. The van der Waals surface area contributed by atoms with E-state index >= 15 is 0 Å². The molecule has 3 rings (SSSR count). The van der Waals surface area contributed by atoms with Crippen LogP contribution in [0.4, 0.5) is 0 Å². The highest BCUT2D eigenvalue weighted by Crippen LogP contribution is 2.25. The van der Waals surface area contributed by atoms with Gasteiger partial charge in [0.2, 0.25) is 5.28 Å². The molecule has 0 spiro atoms. The average molecular weight is 345 g/mol. The van der Waals surface area contributed by atoms with Crippen molar-refractivity contribution in [2.24, 2.45) is 7.05 Å². The van der Waals surface area contributed by atoms with Gasteiger partial charge in [-0.3, -0.25) is 4.79 Å². The second-order valence-electron chi connectivity index (χ2n) is 6.16. The summed E-state index contributed by atoms with van der Waals surface area (Å²) in [7, 11) is 2.00. The molecule has 5 nitrogen and oxygen atoms in total. The highest BCUT2D eigenvalue weighted by Gasteiger charge is 2.14. The molecule has 0 radical (unpaired) electrons. The molecule has 0 aliphatic carbocycles. The Morgan fingerprint density at radius 1 is 1.33 bits per heavy atom. The third-order valence-corrected chi connectivity index (χ3v) is 4.41. The van der Waals surface area contributed by atoms with Crippen molar-refractivity contribution in [2.75, 3.05) is 6.54 Å². The number of aromatic nitrogens is 3. The van der Waals surface area contributed by atoms with Crippen molar-refractivity contribution in [3.63, 3.8) is 0 Å². The first-order chi connectivity index (χ1) is 11.5. The standard InChI is InChI=1S/C18H21ClN4O/c1-12(2)23-16-7-6-13(11-15(16)21-18(23)19)17(24)20-9-8-14-5-4-10-22(14)3/h4-7,10-12H,8-9H2,1-3H3,(H,20,24). The van der Waals surface area contributed by atoms with Crippen LogP contribution in [0.1, 0.15) is 35.9 Å². The van der Waals surface area contributed by atoms with Gasteiger partial charge in [0, 0.05) is 43.5 Å². The SMILES string of the molecule is CC(C)n1c(Cl)nc2cc(C(=O)NCCc3cccn3C)ccc21. The van der Waals surface area contributed by atoms with Gasteiger partial charge in [-0.05, 0) is 55.8 Å². The van der Waals surface area contributed by atoms with E-state index in [9.17, 15) is 4.79 Å². The van der Waals surface area contributed by atoms with Crippen molar-refractivity contribution in [1.82, 2.24) is 19.4 Å². The molecule has 0 saturated carbocycles. The van der Waals surface area contributed by atoms with Crippen LogP contribution in [0.5, 0.6) is 0 Å². The Hall–Kier alpha value is -2.27. The number of hydrogen-bond donors (Lipinski definition) is 1. The highest BCUT2D eigenvalue weighted by molar-refractivity contribution is 6.29. The molecule has 0 aliphatic heterocycles. The van der Waals surface area contributed by atoms with Gasteiger partial charge < -0.3 is 14.5 Å². The number of amides is 1. The number of aryl methyl sites for hydroxylation is 1. The summed E-state index contributed by atoms with van der Waals surface area (Å²) in [5, 5.41) is 3.40. The lowest BCUT2D eigenvalue weighted by Gasteiger charge is -2.10. The summed E-state index contributed by atoms with van der Waals surface area (Å²) in [5.74, 6) is -0.0960. The van der Waals surface area contributed by atoms with Gasteiger partial charge in [-0.2, -0.15) is 0 Å². The van der Waals surface area contributed by atoms with Crippen molar-refractivity contribution >= 4 is 28.5 Å². The zero-order valence-corrected chi connectivity index (χ0v) is 14.8. The number of carbonyl (C=O) groups excluding carboxylic acids is 1. The normalized spacial score (nSPS) is 11.4. The molecule has 0 unspecified atom stereocenters. The minimum absolute atomic E-state index is 0.0960. The molecular formula is C18H21ClN4O. The van der Waals surface area contributed by atoms with Crippen LogP contribution in [0.3, 0.4) is 0 Å². The fourth-order valence-electron chi connectivity index (χ4n) is 2.86. The number of nitrogens with one attached hydrogen (secondary N) is 1. The van der Waals surface area contributed by atoms with Gasteiger partial charge >= 0.3 is 0 Å². The molecule has 1 amide bonds. The maximum Gasteiger partial charge on any atom is 0.251 e. The van der Waals surface area contributed by atoms with Crippen LogP contribution in [-0.4, -0.2) is 26.6 Å². The van der Waals surface area contributed by atoms with E-state index in [0.29, 0.717) is 17.4 Å². The van der Waals surface area contributed by atoms with E-state index in [1.807, 2.05) is 36.0 Å². The predicted octanol–water partition coefficient (Wildman–Crippen LogP) is 3.58. The van der Waals surface area contributed by atoms with Gasteiger partial charge in [-0.1, -0.05) is 0 Å². The summed E-state index contributed by atoms with van der Waals surface area (Å²) in [6, 6.07) is 9.78. The summed E-state index contributed by atoms with van der Waals surface area (Å²) >= 11 is 6.20. The van der Waals surface area contributed by atoms with Crippen molar-refractivity contribution in [1.29, 1.82) is 0 Å². The van der Waals surface area contributed by atoms with Crippen LogP contribution in [0.25, 0.3) is 11.0 Å². The summed E-state index contributed by atoms with van der Waals surface area (Å²) < 4.78 is 4.01. The molecule has 3 aromatic rings. The van der Waals surface area contributed by atoms with Crippen molar-refractivity contribution in [3.05, 3.63) is 53.1 Å². The quantitative estimate of drug-likeness (QED) is 0.769. The number of benzene rings is 1. The smallest absolute Gasteiger partial charge is 0.251 e. The second-order valence-corrected chi connectivity index (χ2v) is 6.50. The number of halogens is 1. The lowest BCUT2D eigenvalue weighted by atomic mass is 10.1. The van der Waals surface area contributed by atoms with Gasteiger partial charge in [0.05, 0.1) is 11.0 Å². The number of nitrogens with zero attached hydrogens (tertiary/aromatic N) is 3. The van der Waals surface area contributed by atoms with E-state index in [2.05, 4.69) is 34.8 Å². The Morgan fingerprint density at radius 3 is 2.79 bits per heavy atom. The number of hydrogen-bond acceptors (Lipinski definition) is 2. The molecule has 1 N–H and O–H groups in total. The van der Waals surface area contributed by atoms with E-state index in [4.69, 9.17) is 11.6 Å². The van der Waals surface area contributed by atoms with Crippen LogP contribution >= 0.6 is 11.6 Å². The van der Waals surface area contributed by atoms with E-state index < -0.39 is 0 Å². The Morgan fingerprint density at radius 2 is 2.12 bits per heavy atom. The predicted molar refractivity (Wildman–Crippen MR) is 96.6 cm³/mol. The van der Waals surface area contributed by atoms with Gasteiger partial charge in [-0.15, -0.1) is 0 Å². The minimum Gasteiger partial charge on any atom is -0.354 e. The van der Waals surface area contributed by atoms with Gasteiger partial charge in [0.25, 0.3) is 5.91 Å². The molecule has 24 heavy (non-hydrogen) atoms. The number of imidazole rings is 1. The Balaban J connectivity index is 1.72. The summed E-state index contributed by atoms with van der Waals surface area (Å²) in [6.45, 7) is 4.70. The third-order valence-electron chi connectivity index (χ3n) is 4.14. The fraction of sp³-hybridized carbons (Fsp3) is 0.333. The first kappa shape index (κ1) is 16.6. The molecule has 2 aromatic heterocycles. The van der Waals surface area contributed by atoms with Crippen molar-refractivity contribution in [2.45, 2.75) is 26.3 Å². The lowest BCUT2D eigenvalue weighted by Crippen LogP contribution is -2.26. The monoisotopic (exact) mass is 344 g/mol. The van der Waals surface area contributed by atoms with E-state index in [-0.39, 0.29) is 11.9 Å². The molecule has 126 valence electrons. The molecule has 0 saturated heterocycles.